The van der Waals surface area contributed by atoms with Crippen molar-refractivity contribution in [2.75, 3.05) is 14.1 Å². The van der Waals surface area contributed by atoms with Crippen molar-refractivity contribution in [3.8, 4) is 5.69 Å². The lowest BCUT2D eigenvalue weighted by Crippen LogP contribution is -2.21. The van der Waals surface area contributed by atoms with E-state index >= 15 is 0 Å². The first-order valence-corrected chi connectivity index (χ1v) is 8.94. The molecule has 0 radical (unpaired) electrons. The number of carbonyl (C=O) groups is 1. The van der Waals surface area contributed by atoms with Crippen LogP contribution < -0.4 is 0 Å². The van der Waals surface area contributed by atoms with E-state index in [1.54, 1.807) is 37.1 Å². The number of hydrogen-bond acceptors (Lipinski definition) is 4. The third-order valence-electron chi connectivity index (χ3n) is 3.87. The molecule has 0 bridgehead atoms. The molecule has 3 aromatic rings. The van der Waals surface area contributed by atoms with Gasteiger partial charge in [-0.1, -0.05) is 42.1 Å². The van der Waals surface area contributed by atoms with E-state index in [0.717, 1.165) is 22.2 Å². The fourth-order valence-electron chi connectivity index (χ4n) is 2.47. The van der Waals surface area contributed by atoms with Crippen LogP contribution in [0.3, 0.4) is 0 Å². The molecule has 1 amide bonds. The second kappa shape index (κ2) is 7.53. The molecule has 0 unspecified atom stereocenters. The minimum absolute atomic E-state index is 0.0125. The van der Waals surface area contributed by atoms with Crippen molar-refractivity contribution in [2.45, 2.75) is 17.8 Å². The maximum atomic E-state index is 11.9. The largest absolute Gasteiger partial charge is 0.345 e. The van der Waals surface area contributed by atoms with Crippen LogP contribution in [-0.4, -0.2) is 39.7 Å². The number of aromatic nitrogens is 3. The second-order valence-corrected chi connectivity index (χ2v) is 6.90. The molecule has 5 nitrogen and oxygen atoms in total. The van der Waals surface area contributed by atoms with Crippen LogP contribution in [0.4, 0.5) is 0 Å². The van der Waals surface area contributed by atoms with E-state index < -0.39 is 0 Å². The van der Waals surface area contributed by atoms with Gasteiger partial charge in [-0.25, -0.2) is 0 Å². The van der Waals surface area contributed by atoms with Crippen molar-refractivity contribution in [2.24, 2.45) is 0 Å². The lowest BCUT2D eigenvalue weighted by atomic mass is 10.1. The first kappa shape index (κ1) is 17.2. The number of hydrogen-bond donors (Lipinski definition) is 0. The predicted octanol–water partition coefficient (Wildman–Crippen LogP) is 3.57. The van der Waals surface area contributed by atoms with Gasteiger partial charge in [0.25, 0.3) is 5.91 Å². The van der Waals surface area contributed by atoms with Gasteiger partial charge in [-0.3, -0.25) is 9.36 Å². The number of thioether (sulfide) groups is 1. The van der Waals surface area contributed by atoms with Crippen LogP contribution in [0.1, 0.15) is 21.5 Å². The van der Waals surface area contributed by atoms with Gasteiger partial charge in [0.15, 0.2) is 5.16 Å². The number of carbonyl (C=O) groups excluding carboxylic acids is 1. The predicted molar refractivity (Wildman–Crippen MR) is 100 cm³/mol. The first-order valence-electron chi connectivity index (χ1n) is 7.95. The van der Waals surface area contributed by atoms with Crippen LogP contribution >= 0.6 is 11.8 Å². The molecule has 128 valence electrons. The average Bonchev–Trinajstić information content (AvgIpc) is 3.08. The molecule has 0 atom stereocenters. The SMILES string of the molecule is Cc1ccccc1-n1cnnc1SCc1ccc(C(=O)N(C)C)cc1. The van der Waals surface area contributed by atoms with Crippen molar-refractivity contribution < 1.29 is 4.79 Å². The van der Waals surface area contributed by atoms with Crippen LogP contribution in [0.25, 0.3) is 5.69 Å². The highest BCUT2D eigenvalue weighted by Crippen LogP contribution is 2.25. The lowest BCUT2D eigenvalue weighted by molar-refractivity contribution is 0.0827. The van der Waals surface area contributed by atoms with Crippen molar-refractivity contribution in [1.29, 1.82) is 0 Å². The zero-order chi connectivity index (χ0) is 17.8. The second-order valence-electron chi connectivity index (χ2n) is 5.96. The van der Waals surface area contributed by atoms with Crippen LogP contribution in [0.5, 0.6) is 0 Å². The van der Waals surface area contributed by atoms with E-state index in [2.05, 4.69) is 29.3 Å². The van der Waals surface area contributed by atoms with E-state index in [9.17, 15) is 4.79 Å². The number of rotatable bonds is 5. The Hall–Kier alpha value is -2.60. The Balaban J connectivity index is 1.72. The minimum atomic E-state index is 0.0125. The summed E-state index contributed by atoms with van der Waals surface area (Å²) in [5.74, 6) is 0.777. The molecular weight excluding hydrogens is 332 g/mol. The minimum Gasteiger partial charge on any atom is -0.345 e. The van der Waals surface area contributed by atoms with Gasteiger partial charge in [0.1, 0.15) is 6.33 Å². The van der Waals surface area contributed by atoms with Gasteiger partial charge in [0, 0.05) is 25.4 Å². The molecule has 0 aliphatic carbocycles. The first-order chi connectivity index (χ1) is 12.1. The Kier molecular flexibility index (Phi) is 5.19. The quantitative estimate of drug-likeness (QED) is 0.659. The van der Waals surface area contributed by atoms with Crippen molar-refractivity contribution in [1.82, 2.24) is 19.7 Å². The molecule has 1 heterocycles. The Morgan fingerprint density at radius 3 is 2.52 bits per heavy atom. The van der Waals surface area contributed by atoms with Gasteiger partial charge >= 0.3 is 0 Å². The van der Waals surface area contributed by atoms with Gasteiger partial charge < -0.3 is 4.90 Å². The summed E-state index contributed by atoms with van der Waals surface area (Å²) in [6.07, 6.45) is 1.74. The normalized spacial score (nSPS) is 10.7. The molecule has 0 saturated heterocycles. The van der Waals surface area contributed by atoms with Gasteiger partial charge in [-0.15, -0.1) is 10.2 Å². The summed E-state index contributed by atoms with van der Waals surface area (Å²) in [6, 6.07) is 15.9. The van der Waals surface area contributed by atoms with Crippen LogP contribution in [0, 0.1) is 6.92 Å². The monoisotopic (exact) mass is 352 g/mol. The molecule has 0 aliphatic rings. The summed E-state index contributed by atoms with van der Waals surface area (Å²) in [4.78, 5) is 13.5. The molecule has 0 N–H and O–H groups in total. The average molecular weight is 352 g/mol. The molecule has 0 fully saturated rings. The highest BCUT2D eigenvalue weighted by Gasteiger charge is 2.10. The van der Waals surface area contributed by atoms with E-state index in [1.165, 1.54) is 5.56 Å². The molecule has 1 aromatic heterocycles. The molecule has 0 spiro atoms. The lowest BCUT2D eigenvalue weighted by Gasteiger charge is -2.11. The Bertz CT molecular complexity index is 871. The van der Waals surface area contributed by atoms with Crippen LogP contribution in [0.15, 0.2) is 60.0 Å². The Morgan fingerprint density at radius 2 is 1.84 bits per heavy atom. The van der Waals surface area contributed by atoms with Gasteiger partial charge in [0.05, 0.1) is 5.69 Å². The topological polar surface area (TPSA) is 51.0 Å². The van der Waals surface area contributed by atoms with E-state index in [4.69, 9.17) is 0 Å². The standard InChI is InChI=1S/C19H20N4OS/c1-14-6-4-5-7-17(14)23-13-20-21-19(23)25-12-15-8-10-16(11-9-15)18(24)22(2)3/h4-11,13H,12H2,1-3H3. The Morgan fingerprint density at radius 1 is 1.12 bits per heavy atom. The summed E-state index contributed by atoms with van der Waals surface area (Å²) in [6.45, 7) is 2.07. The van der Waals surface area contributed by atoms with Gasteiger partial charge in [-0.05, 0) is 36.2 Å². The summed E-state index contributed by atoms with van der Waals surface area (Å²) >= 11 is 1.62. The molecule has 6 heteroatoms. The van der Waals surface area contributed by atoms with Crippen LogP contribution in [-0.2, 0) is 5.75 Å². The summed E-state index contributed by atoms with van der Waals surface area (Å²) < 4.78 is 2.00. The fraction of sp³-hybridized carbons (Fsp3) is 0.211. The third kappa shape index (κ3) is 3.91. The summed E-state index contributed by atoms with van der Waals surface area (Å²) in [5.41, 5.74) is 4.10. The Labute approximate surface area is 151 Å². The van der Waals surface area contributed by atoms with E-state index in [0.29, 0.717) is 5.56 Å². The maximum Gasteiger partial charge on any atom is 0.253 e. The number of para-hydroxylation sites is 1. The number of benzene rings is 2. The zero-order valence-electron chi connectivity index (χ0n) is 14.5. The zero-order valence-corrected chi connectivity index (χ0v) is 15.3. The van der Waals surface area contributed by atoms with Crippen molar-refractivity contribution >= 4 is 17.7 Å². The maximum absolute atomic E-state index is 11.9. The van der Waals surface area contributed by atoms with E-state index in [1.807, 2.05) is 41.0 Å². The van der Waals surface area contributed by atoms with Crippen LogP contribution in [0.2, 0.25) is 0 Å². The molecule has 2 aromatic carbocycles. The fourth-order valence-corrected chi connectivity index (χ4v) is 3.35. The highest BCUT2D eigenvalue weighted by atomic mass is 32.2. The van der Waals surface area contributed by atoms with Gasteiger partial charge in [-0.2, -0.15) is 0 Å². The smallest absolute Gasteiger partial charge is 0.253 e. The number of nitrogens with zero attached hydrogens (tertiary/aromatic N) is 4. The molecular formula is C19H20N4OS. The highest BCUT2D eigenvalue weighted by molar-refractivity contribution is 7.98. The van der Waals surface area contributed by atoms with E-state index in [-0.39, 0.29) is 5.91 Å². The summed E-state index contributed by atoms with van der Waals surface area (Å²) in [7, 11) is 3.51. The number of amides is 1. The molecule has 25 heavy (non-hydrogen) atoms. The molecule has 0 aliphatic heterocycles. The van der Waals surface area contributed by atoms with Gasteiger partial charge in [0.2, 0.25) is 0 Å². The summed E-state index contributed by atoms with van der Waals surface area (Å²) in [5, 5.41) is 9.13. The van der Waals surface area contributed by atoms with Crippen molar-refractivity contribution in [3.63, 3.8) is 0 Å². The van der Waals surface area contributed by atoms with Crippen molar-refractivity contribution in [3.05, 3.63) is 71.5 Å². The molecule has 3 rings (SSSR count). The molecule has 0 saturated carbocycles. The number of aryl methyl sites for hydroxylation is 1. The third-order valence-corrected chi connectivity index (χ3v) is 4.88.